The van der Waals surface area contributed by atoms with Crippen LogP contribution in [-0.4, -0.2) is 17.3 Å². The average Bonchev–Trinajstić information content (AvgIpc) is 3.15. The molecule has 2 aromatic carbocycles. The predicted molar refractivity (Wildman–Crippen MR) is 97.8 cm³/mol. The van der Waals surface area contributed by atoms with Crippen LogP contribution in [-0.2, 0) is 6.61 Å². The number of ether oxygens (including phenoxy) is 2. The molecule has 0 saturated carbocycles. The van der Waals surface area contributed by atoms with Crippen LogP contribution in [0.5, 0.6) is 11.5 Å². The Kier molecular flexibility index (Phi) is 4.33. The molecule has 2 heterocycles. The van der Waals surface area contributed by atoms with Gasteiger partial charge >= 0.3 is 5.63 Å². The van der Waals surface area contributed by atoms with Crippen LogP contribution in [0.2, 0.25) is 0 Å². The van der Waals surface area contributed by atoms with E-state index in [-0.39, 0.29) is 6.61 Å². The number of aryl methyl sites for hydroxylation is 1. The second-order valence-corrected chi connectivity index (χ2v) is 5.92. The van der Waals surface area contributed by atoms with Crippen molar-refractivity contribution in [3.63, 3.8) is 0 Å². The first-order valence-corrected chi connectivity index (χ1v) is 8.26. The summed E-state index contributed by atoms with van der Waals surface area (Å²) in [5.41, 5.74) is 1.73. The normalized spacial score (nSPS) is 10.9. The third-order valence-electron chi connectivity index (χ3n) is 4.09. The molecule has 4 aromatic rings. The third kappa shape index (κ3) is 3.52. The zero-order valence-electron chi connectivity index (χ0n) is 14.8. The number of aromatic nitrogens is 2. The van der Waals surface area contributed by atoms with Crippen LogP contribution in [0.1, 0.15) is 11.5 Å². The molecular weight excluding hydrogens is 348 g/mol. The Bertz CT molecular complexity index is 1150. The van der Waals surface area contributed by atoms with Crippen LogP contribution < -0.4 is 15.1 Å². The molecule has 4 rings (SSSR count). The van der Waals surface area contributed by atoms with E-state index >= 15 is 0 Å². The molecule has 0 amide bonds. The van der Waals surface area contributed by atoms with E-state index in [9.17, 15) is 4.79 Å². The molecule has 0 aliphatic heterocycles. The monoisotopic (exact) mass is 364 g/mol. The smallest absolute Gasteiger partial charge is 0.336 e. The van der Waals surface area contributed by atoms with E-state index in [0.717, 1.165) is 22.3 Å². The van der Waals surface area contributed by atoms with Crippen LogP contribution in [0.15, 0.2) is 62.2 Å². The summed E-state index contributed by atoms with van der Waals surface area (Å²) in [6.45, 7) is 1.96. The Hall–Kier alpha value is -3.61. The van der Waals surface area contributed by atoms with Crippen LogP contribution in [0.4, 0.5) is 0 Å². The molecule has 27 heavy (non-hydrogen) atoms. The predicted octanol–water partition coefficient (Wildman–Crippen LogP) is 3.74. The minimum absolute atomic E-state index is 0.102. The van der Waals surface area contributed by atoms with Crippen LogP contribution in [0, 0.1) is 6.92 Å². The van der Waals surface area contributed by atoms with Gasteiger partial charge in [-0.3, -0.25) is 0 Å². The fourth-order valence-corrected chi connectivity index (χ4v) is 2.70. The molecule has 0 N–H and O–H groups in total. The summed E-state index contributed by atoms with van der Waals surface area (Å²) in [5, 5.41) is 8.89. The molecule has 0 unspecified atom stereocenters. The van der Waals surface area contributed by atoms with Crippen molar-refractivity contribution < 1.29 is 18.3 Å². The second kappa shape index (κ2) is 6.95. The van der Waals surface area contributed by atoms with Crippen molar-refractivity contribution in [2.45, 2.75) is 13.5 Å². The van der Waals surface area contributed by atoms with Gasteiger partial charge in [-0.15, -0.1) is 10.2 Å². The number of benzene rings is 2. The van der Waals surface area contributed by atoms with Gasteiger partial charge in [0.1, 0.15) is 17.1 Å². The zero-order chi connectivity index (χ0) is 18.8. The lowest BCUT2D eigenvalue weighted by atomic mass is 10.1. The van der Waals surface area contributed by atoms with Crippen molar-refractivity contribution in [3.05, 3.63) is 70.4 Å². The Morgan fingerprint density at radius 2 is 1.74 bits per heavy atom. The first kappa shape index (κ1) is 16.8. The minimum Gasteiger partial charge on any atom is -0.497 e. The Balaban J connectivity index is 1.49. The topological polar surface area (TPSA) is 87.6 Å². The van der Waals surface area contributed by atoms with Crippen molar-refractivity contribution in [1.82, 2.24) is 10.2 Å². The highest BCUT2D eigenvalue weighted by Gasteiger charge is 2.10. The molecule has 2 aromatic heterocycles. The number of methoxy groups -OCH3 is 1. The molecular formula is C20H16N2O5. The number of nitrogens with zero attached hydrogens (tertiary/aromatic N) is 2. The van der Waals surface area contributed by atoms with Gasteiger partial charge in [-0.1, -0.05) is 0 Å². The largest absolute Gasteiger partial charge is 0.497 e. The van der Waals surface area contributed by atoms with E-state index in [0.29, 0.717) is 23.1 Å². The maximum atomic E-state index is 11.5. The Morgan fingerprint density at radius 3 is 2.52 bits per heavy atom. The lowest BCUT2D eigenvalue weighted by molar-refractivity contribution is 0.264. The van der Waals surface area contributed by atoms with Gasteiger partial charge in [0.15, 0.2) is 6.61 Å². The average molecular weight is 364 g/mol. The molecule has 0 aliphatic rings. The van der Waals surface area contributed by atoms with E-state index < -0.39 is 5.63 Å². The molecule has 7 nitrogen and oxygen atoms in total. The van der Waals surface area contributed by atoms with Crippen LogP contribution >= 0.6 is 0 Å². The number of hydrogen-bond donors (Lipinski definition) is 0. The van der Waals surface area contributed by atoms with E-state index in [4.69, 9.17) is 18.3 Å². The number of rotatable bonds is 5. The minimum atomic E-state index is -0.391. The molecule has 0 atom stereocenters. The highest BCUT2D eigenvalue weighted by atomic mass is 16.5. The molecule has 0 aliphatic carbocycles. The Morgan fingerprint density at radius 1 is 0.963 bits per heavy atom. The highest BCUT2D eigenvalue weighted by Crippen LogP contribution is 2.24. The zero-order valence-corrected chi connectivity index (χ0v) is 14.8. The third-order valence-corrected chi connectivity index (χ3v) is 4.09. The fourth-order valence-electron chi connectivity index (χ4n) is 2.70. The van der Waals surface area contributed by atoms with E-state index in [1.54, 1.807) is 19.2 Å². The number of hydrogen-bond acceptors (Lipinski definition) is 7. The van der Waals surface area contributed by atoms with Crippen molar-refractivity contribution in [1.29, 1.82) is 0 Å². The lowest BCUT2D eigenvalue weighted by Crippen LogP contribution is -1.99. The van der Waals surface area contributed by atoms with Gasteiger partial charge < -0.3 is 18.3 Å². The van der Waals surface area contributed by atoms with Gasteiger partial charge in [0.25, 0.3) is 5.89 Å². The van der Waals surface area contributed by atoms with Crippen molar-refractivity contribution >= 4 is 11.0 Å². The van der Waals surface area contributed by atoms with Crippen molar-refractivity contribution in [2.75, 3.05) is 7.11 Å². The number of fused-ring (bicyclic) bond motifs is 1. The van der Waals surface area contributed by atoms with Gasteiger partial charge in [0.2, 0.25) is 5.89 Å². The summed E-state index contributed by atoms with van der Waals surface area (Å²) in [6.07, 6.45) is 0. The van der Waals surface area contributed by atoms with Gasteiger partial charge in [0.05, 0.1) is 7.11 Å². The molecule has 0 fully saturated rings. The summed E-state index contributed by atoms with van der Waals surface area (Å²) in [7, 11) is 1.61. The second-order valence-electron chi connectivity index (χ2n) is 5.92. The van der Waals surface area contributed by atoms with Crippen LogP contribution in [0.25, 0.3) is 22.4 Å². The SMILES string of the molecule is COc1ccc(-c2nnc(COc3ccc4c(C)cc(=O)oc4c3)o2)cc1. The maximum Gasteiger partial charge on any atom is 0.336 e. The highest BCUT2D eigenvalue weighted by molar-refractivity contribution is 5.81. The van der Waals surface area contributed by atoms with Crippen molar-refractivity contribution in [3.8, 4) is 23.0 Å². The van der Waals surface area contributed by atoms with Gasteiger partial charge in [-0.2, -0.15) is 0 Å². The van der Waals surface area contributed by atoms with Gasteiger partial charge in [-0.25, -0.2) is 4.79 Å². The Labute approximate surface area is 154 Å². The van der Waals surface area contributed by atoms with E-state index in [1.807, 2.05) is 37.3 Å². The summed E-state index contributed by atoms with van der Waals surface area (Å²) in [6, 6.07) is 14.1. The first-order valence-electron chi connectivity index (χ1n) is 8.26. The standard InChI is InChI=1S/C20H16N2O5/c1-12-9-19(23)26-17-10-15(7-8-16(12)17)25-11-18-21-22-20(27-18)13-3-5-14(24-2)6-4-13/h3-10H,11H2,1-2H3. The molecule has 0 bridgehead atoms. The molecule has 136 valence electrons. The van der Waals surface area contributed by atoms with Gasteiger partial charge in [0, 0.05) is 23.1 Å². The summed E-state index contributed by atoms with van der Waals surface area (Å²) < 4.78 is 21.7. The molecule has 7 heteroatoms. The quantitative estimate of drug-likeness (QED) is 0.499. The fraction of sp³-hybridized carbons (Fsp3) is 0.150. The van der Waals surface area contributed by atoms with Crippen LogP contribution in [0.3, 0.4) is 0 Å². The molecule has 0 radical (unpaired) electrons. The van der Waals surface area contributed by atoms with E-state index in [1.165, 1.54) is 6.07 Å². The maximum absolute atomic E-state index is 11.5. The first-order chi connectivity index (χ1) is 13.1. The molecule has 0 saturated heterocycles. The van der Waals surface area contributed by atoms with E-state index in [2.05, 4.69) is 10.2 Å². The van der Waals surface area contributed by atoms with Gasteiger partial charge in [-0.05, 0) is 48.9 Å². The summed E-state index contributed by atoms with van der Waals surface area (Å²) in [4.78, 5) is 11.5. The molecule has 0 spiro atoms. The summed E-state index contributed by atoms with van der Waals surface area (Å²) >= 11 is 0. The van der Waals surface area contributed by atoms with Crippen molar-refractivity contribution in [2.24, 2.45) is 0 Å². The lowest BCUT2D eigenvalue weighted by Gasteiger charge is -2.05. The summed E-state index contributed by atoms with van der Waals surface area (Å²) in [5.74, 6) is 2.03.